The third-order valence-electron chi connectivity index (χ3n) is 5.97. The van der Waals surface area contributed by atoms with Gasteiger partial charge in [0.25, 0.3) is 0 Å². The van der Waals surface area contributed by atoms with Gasteiger partial charge in [-0.3, -0.25) is 0 Å². The van der Waals surface area contributed by atoms with Gasteiger partial charge in [0.1, 0.15) is 0 Å². The fourth-order valence-electron chi connectivity index (χ4n) is 5.67. The molecule has 4 fully saturated rings. The zero-order chi connectivity index (χ0) is 13.6. The Kier molecular flexibility index (Phi) is 3.33. The summed E-state index contributed by atoms with van der Waals surface area (Å²) in [6.07, 6.45) is 10.6. The van der Waals surface area contributed by atoms with Crippen LogP contribution in [0.25, 0.3) is 0 Å². The van der Waals surface area contributed by atoms with E-state index in [1.165, 1.54) is 31.4 Å². The van der Waals surface area contributed by atoms with Crippen molar-refractivity contribution in [3.63, 3.8) is 0 Å². The number of rotatable bonds is 4. The number of halogens is 1. The third-order valence-corrected chi connectivity index (χ3v) is 6.47. The van der Waals surface area contributed by atoms with Gasteiger partial charge in [-0.2, -0.15) is 0 Å². The number of anilines is 1. The van der Waals surface area contributed by atoms with Crippen LogP contribution in [0.3, 0.4) is 0 Å². The molecular formula is C18H24BrN. The molecule has 0 aliphatic heterocycles. The van der Waals surface area contributed by atoms with Gasteiger partial charge >= 0.3 is 0 Å². The molecule has 2 heteroatoms. The molecule has 0 spiro atoms. The standard InChI is InChI=1S/C18H24BrN/c19-16-2-1-3-17(9-16)20-5-4-18-10-13-6-14(11-18)8-15(7-13)12-18/h1-3,9,13-15,20H,4-8,10-12H2. The molecule has 20 heavy (non-hydrogen) atoms. The van der Waals surface area contributed by atoms with Gasteiger partial charge in [0.15, 0.2) is 0 Å². The minimum Gasteiger partial charge on any atom is -0.385 e. The second-order valence-electron chi connectivity index (χ2n) is 7.60. The Hall–Kier alpha value is -0.500. The van der Waals surface area contributed by atoms with Crippen LogP contribution in [-0.2, 0) is 0 Å². The average molecular weight is 334 g/mol. The largest absolute Gasteiger partial charge is 0.385 e. The molecule has 0 heterocycles. The zero-order valence-corrected chi connectivity index (χ0v) is 13.7. The number of benzene rings is 1. The highest BCUT2D eigenvalue weighted by Gasteiger charge is 2.50. The summed E-state index contributed by atoms with van der Waals surface area (Å²) in [4.78, 5) is 0. The van der Waals surface area contributed by atoms with Crippen molar-refractivity contribution in [2.24, 2.45) is 23.2 Å². The maximum absolute atomic E-state index is 3.63. The molecule has 1 aromatic carbocycles. The van der Waals surface area contributed by atoms with Crippen LogP contribution in [0.4, 0.5) is 5.69 Å². The van der Waals surface area contributed by atoms with E-state index in [1.807, 2.05) is 0 Å². The molecule has 4 bridgehead atoms. The quantitative estimate of drug-likeness (QED) is 0.770. The first-order valence-electron chi connectivity index (χ1n) is 8.20. The summed E-state index contributed by atoms with van der Waals surface area (Å²) in [5, 5.41) is 3.63. The zero-order valence-electron chi connectivity index (χ0n) is 12.1. The Morgan fingerprint density at radius 1 is 1.05 bits per heavy atom. The summed E-state index contributed by atoms with van der Waals surface area (Å²) in [6.45, 7) is 1.14. The van der Waals surface area contributed by atoms with E-state index < -0.39 is 0 Å². The first-order chi connectivity index (χ1) is 9.71. The summed E-state index contributed by atoms with van der Waals surface area (Å²) in [5.74, 6) is 3.23. The van der Waals surface area contributed by atoms with E-state index in [4.69, 9.17) is 0 Å². The lowest BCUT2D eigenvalue weighted by Crippen LogP contribution is -2.46. The van der Waals surface area contributed by atoms with Gasteiger partial charge in [0.2, 0.25) is 0 Å². The number of hydrogen-bond donors (Lipinski definition) is 1. The third kappa shape index (κ3) is 2.52. The van der Waals surface area contributed by atoms with Crippen molar-refractivity contribution in [1.29, 1.82) is 0 Å². The molecule has 0 radical (unpaired) electrons. The van der Waals surface area contributed by atoms with E-state index in [2.05, 4.69) is 45.5 Å². The van der Waals surface area contributed by atoms with Crippen LogP contribution in [0.15, 0.2) is 28.7 Å². The summed E-state index contributed by atoms with van der Waals surface area (Å²) in [7, 11) is 0. The molecule has 0 aromatic heterocycles. The van der Waals surface area contributed by atoms with Crippen molar-refractivity contribution in [2.75, 3.05) is 11.9 Å². The Morgan fingerprint density at radius 3 is 2.30 bits per heavy atom. The van der Waals surface area contributed by atoms with Crippen LogP contribution < -0.4 is 5.32 Å². The summed E-state index contributed by atoms with van der Waals surface area (Å²) >= 11 is 3.55. The van der Waals surface area contributed by atoms with E-state index in [0.29, 0.717) is 5.41 Å². The van der Waals surface area contributed by atoms with Gasteiger partial charge in [-0.15, -0.1) is 0 Å². The predicted molar refractivity (Wildman–Crippen MR) is 87.9 cm³/mol. The molecule has 4 aliphatic carbocycles. The normalized spacial score (nSPS) is 38.1. The van der Waals surface area contributed by atoms with Crippen molar-refractivity contribution in [3.8, 4) is 0 Å². The van der Waals surface area contributed by atoms with Crippen LogP contribution in [-0.4, -0.2) is 6.54 Å². The van der Waals surface area contributed by atoms with Gasteiger partial charge in [-0.05, 0) is 86.3 Å². The second-order valence-corrected chi connectivity index (χ2v) is 8.52. The van der Waals surface area contributed by atoms with Crippen LogP contribution in [0, 0.1) is 23.2 Å². The van der Waals surface area contributed by atoms with Gasteiger partial charge in [-0.1, -0.05) is 22.0 Å². The first kappa shape index (κ1) is 13.2. The van der Waals surface area contributed by atoms with Crippen LogP contribution in [0.5, 0.6) is 0 Å². The Balaban J connectivity index is 1.37. The summed E-state index contributed by atoms with van der Waals surface area (Å²) in [5.41, 5.74) is 1.96. The van der Waals surface area contributed by atoms with Crippen molar-refractivity contribution in [3.05, 3.63) is 28.7 Å². The summed E-state index contributed by atoms with van der Waals surface area (Å²) in [6, 6.07) is 8.55. The highest BCUT2D eigenvalue weighted by Crippen LogP contribution is 2.61. The number of hydrogen-bond acceptors (Lipinski definition) is 1. The molecule has 0 atom stereocenters. The van der Waals surface area contributed by atoms with E-state index in [1.54, 1.807) is 19.3 Å². The van der Waals surface area contributed by atoms with Gasteiger partial charge in [-0.25, -0.2) is 0 Å². The summed E-state index contributed by atoms with van der Waals surface area (Å²) < 4.78 is 1.16. The van der Waals surface area contributed by atoms with Crippen LogP contribution >= 0.6 is 15.9 Å². The molecule has 1 aromatic rings. The molecule has 4 aliphatic rings. The van der Waals surface area contributed by atoms with E-state index in [-0.39, 0.29) is 0 Å². The fraction of sp³-hybridized carbons (Fsp3) is 0.667. The molecule has 5 rings (SSSR count). The smallest absolute Gasteiger partial charge is 0.0351 e. The Morgan fingerprint density at radius 2 is 1.70 bits per heavy atom. The molecule has 0 amide bonds. The van der Waals surface area contributed by atoms with Crippen LogP contribution in [0.1, 0.15) is 44.9 Å². The Labute approximate surface area is 130 Å². The fourth-order valence-corrected chi connectivity index (χ4v) is 6.07. The lowest BCUT2D eigenvalue weighted by molar-refractivity contribution is -0.0552. The molecular weight excluding hydrogens is 310 g/mol. The lowest BCUT2D eigenvalue weighted by Gasteiger charge is -2.57. The van der Waals surface area contributed by atoms with Gasteiger partial charge in [0, 0.05) is 16.7 Å². The van der Waals surface area contributed by atoms with Crippen molar-refractivity contribution >= 4 is 21.6 Å². The van der Waals surface area contributed by atoms with Crippen LogP contribution in [0.2, 0.25) is 0 Å². The Bertz CT molecular complexity index is 461. The maximum atomic E-state index is 3.63. The molecule has 1 N–H and O–H groups in total. The average Bonchev–Trinajstić information content (AvgIpc) is 2.36. The van der Waals surface area contributed by atoms with Crippen molar-refractivity contribution < 1.29 is 0 Å². The van der Waals surface area contributed by atoms with E-state index in [0.717, 1.165) is 28.8 Å². The monoisotopic (exact) mass is 333 g/mol. The molecule has 108 valence electrons. The van der Waals surface area contributed by atoms with Gasteiger partial charge < -0.3 is 5.32 Å². The SMILES string of the molecule is Brc1cccc(NCCC23CC4CC(CC(C4)C2)C3)c1. The topological polar surface area (TPSA) is 12.0 Å². The van der Waals surface area contributed by atoms with E-state index >= 15 is 0 Å². The van der Waals surface area contributed by atoms with Gasteiger partial charge in [0.05, 0.1) is 0 Å². The predicted octanol–water partition coefficient (Wildman–Crippen LogP) is 5.47. The number of nitrogens with one attached hydrogen (secondary N) is 1. The van der Waals surface area contributed by atoms with Crippen molar-refractivity contribution in [2.45, 2.75) is 44.9 Å². The minimum atomic E-state index is 0.702. The molecule has 0 unspecified atom stereocenters. The molecule has 0 saturated heterocycles. The molecule has 4 saturated carbocycles. The molecule has 1 nitrogen and oxygen atoms in total. The highest BCUT2D eigenvalue weighted by molar-refractivity contribution is 9.10. The minimum absolute atomic E-state index is 0.702. The highest BCUT2D eigenvalue weighted by atomic mass is 79.9. The first-order valence-corrected chi connectivity index (χ1v) is 9.00. The van der Waals surface area contributed by atoms with E-state index in [9.17, 15) is 0 Å². The second kappa shape index (κ2) is 5.05. The maximum Gasteiger partial charge on any atom is 0.0351 e. The lowest BCUT2D eigenvalue weighted by atomic mass is 9.49. The van der Waals surface area contributed by atoms with Crippen molar-refractivity contribution in [1.82, 2.24) is 0 Å².